The Kier molecular flexibility index (Phi) is 5.03. The molecule has 0 bridgehead atoms. The monoisotopic (exact) mass is 369 g/mol. The molecule has 0 saturated carbocycles. The number of rotatable bonds is 5. The molecule has 0 aliphatic heterocycles. The molecule has 0 unspecified atom stereocenters. The van der Waals surface area contributed by atoms with Crippen molar-refractivity contribution < 1.29 is 13.2 Å². The van der Waals surface area contributed by atoms with Crippen LogP contribution < -0.4 is 4.74 Å². The van der Waals surface area contributed by atoms with Gasteiger partial charge in [-0.25, -0.2) is 8.42 Å². The van der Waals surface area contributed by atoms with Crippen LogP contribution in [-0.2, 0) is 16.6 Å². The van der Waals surface area contributed by atoms with Gasteiger partial charge in [0, 0.05) is 23.6 Å². The molecule has 0 aliphatic carbocycles. The fraction of sp³-hybridized carbons (Fsp3) is 0.200. The van der Waals surface area contributed by atoms with Crippen LogP contribution in [0, 0.1) is 0 Å². The Morgan fingerprint density at radius 1 is 1.14 bits per heavy atom. The van der Waals surface area contributed by atoms with Crippen molar-refractivity contribution in [2.45, 2.75) is 11.4 Å². The Balaban J connectivity index is 2.30. The Morgan fingerprint density at radius 3 is 2.43 bits per heavy atom. The highest BCUT2D eigenvalue weighted by molar-refractivity contribution is 9.10. The van der Waals surface area contributed by atoms with Gasteiger partial charge in [0.05, 0.1) is 12.0 Å². The highest BCUT2D eigenvalue weighted by atomic mass is 79.9. The van der Waals surface area contributed by atoms with E-state index in [0.29, 0.717) is 5.75 Å². The van der Waals surface area contributed by atoms with Crippen LogP contribution in [0.1, 0.15) is 5.56 Å². The second kappa shape index (κ2) is 6.60. The van der Waals surface area contributed by atoms with Gasteiger partial charge < -0.3 is 4.74 Å². The highest BCUT2D eigenvalue weighted by Crippen LogP contribution is 2.26. The van der Waals surface area contributed by atoms with E-state index in [1.165, 1.54) is 4.31 Å². The number of hydrogen-bond donors (Lipinski definition) is 0. The molecular formula is C15H16BrNO3S. The van der Waals surface area contributed by atoms with E-state index in [1.54, 1.807) is 44.5 Å². The molecule has 6 heteroatoms. The second-order valence-electron chi connectivity index (χ2n) is 4.53. The van der Waals surface area contributed by atoms with Gasteiger partial charge in [0.1, 0.15) is 5.75 Å². The Morgan fingerprint density at radius 2 is 1.81 bits per heavy atom. The zero-order chi connectivity index (χ0) is 15.5. The normalized spacial score (nSPS) is 11.6. The molecule has 2 rings (SSSR count). The molecule has 0 radical (unpaired) electrons. The summed E-state index contributed by atoms with van der Waals surface area (Å²) in [6.45, 7) is 0.236. The molecule has 4 nitrogen and oxygen atoms in total. The minimum Gasteiger partial charge on any atom is -0.496 e. The van der Waals surface area contributed by atoms with Crippen molar-refractivity contribution in [1.82, 2.24) is 4.31 Å². The van der Waals surface area contributed by atoms with Gasteiger partial charge in [0.2, 0.25) is 10.0 Å². The lowest BCUT2D eigenvalue weighted by atomic mass is 10.2. The van der Waals surface area contributed by atoms with Crippen molar-refractivity contribution in [1.29, 1.82) is 0 Å². The van der Waals surface area contributed by atoms with Crippen molar-refractivity contribution in [3.63, 3.8) is 0 Å². The van der Waals surface area contributed by atoms with E-state index in [2.05, 4.69) is 15.9 Å². The van der Waals surface area contributed by atoms with Gasteiger partial charge in [0.15, 0.2) is 0 Å². The van der Waals surface area contributed by atoms with Gasteiger partial charge in [0.25, 0.3) is 0 Å². The number of methoxy groups -OCH3 is 1. The molecule has 2 aromatic rings. The van der Waals surface area contributed by atoms with Crippen molar-refractivity contribution >= 4 is 26.0 Å². The fourth-order valence-electron chi connectivity index (χ4n) is 1.97. The SMILES string of the molecule is COc1ccc(Br)cc1CN(C)S(=O)(=O)c1ccccc1. The summed E-state index contributed by atoms with van der Waals surface area (Å²) in [6.07, 6.45) is 0. The van der Waals surface area contributed by atoms with E-state index in [4.69, 9.17) is 4.74 Å². The Bertz CT molecular complexity index is 717. The van der Waals surface area contributed by atoms with E-state index >= 15 is 0 Å². The first-order chi connectivity index (χ1) is 9.95. The number of benzene rings is 2. The van der Waals surface area contributed by atoms with Crippen LogP contribution in [0.3, 0.4) is 0 Å². The molecule has 0 N–H and O–H groups in total. The molecule has 0 saturated heterocycles. The molecule has 21 heavy (non-hydrogen) atoms. The lowest BCUT2D eigenvalue weighted by Crippen LogP contribution is -2.26. The molecule has 0 heterocycles. The maximum absolute atomic E-state index is 12.5. The van der Waals surface area contributed by atoms with Crippen LogP contribution in [0.2, 0.25) is 0 Å². The zero-order valence-electron chi connectivity index (χ0n) is 11.8. The third-order valence-corrected chi connectivity index (χ3v) is 5.40. The molecule has 0 amide bonds. The van der Waals surface area contributed by atoms with Gasteiger partial charge in [-0.2, -0.15) is 4.31 Å². The average Bonchev–Trinajstić information content (AvgIpc) is 2.48. The van der Waals surface area contributed by atoms with E-state index in [9.17, 15) is 8.42 Å². The lowest BCUT2D eigenvalue weighted by molar-refractivity contribution is 0.398. The molecule has 2 aromatic carbocycles. The van der Waals surface area contributed by atoms with Crippen LogP contribution in [0.5, 0.6) is 5.75 Å². The molecule has 0 spiro atoms. The quantitative estimate of drug-likeness (QED) is 0.812. The Labute approximate surface area is 133 Å². The van der Waals surface area contributed by atoms with Crippen LogP contribution in [-0.4, -0.2) is 26.9 Å². The standard InChI is InChI=1S/C15H16BrNO3S/c1-17(21(18,19)14-6-4-3-5-7-14)11-12-10-13(16)8-9-15(12)20-2/h3-10H,11H2,1-2H3. The smallest absolute Gasteiger partial charge is 0.243 e. The van der Waals surface area contributed by atoms with Crippen molar-refractivity contribution in [2.75, 3.05) is 14.2 Å². The van der Waals surface area contributed by atoms with Gasteiger partial charge >= 0.3 is 0 Å². The first-order valence-electron chi connectivity index (χ1n) is 6.29. The Hall–Kier alpha value is -1.37. The summed E-state index contributed by atoms with van der Waals surface area (Å²) in [6, 6.07) is 13.9. The van der Waals surface area contributed by atoms with Crippen LogP contribution in [0.4, 0.5) is 0 Å². The summed E-state index contributed by atoms with van der Waals surface area (Å²) in [7, 11) is -0.386. The minimum atomic E-state index is -3.51. The van der Waals surface area contributed by atoms with E-state index in [-0.39, 0.29) is 11.4 Å². The third-order valence-electron chi connectivity index (χ3n) is 3.09. The van der Waals surface area contributed by atoms with Crippen LogP contribution in [0.25, 0.3) is 0 Å². The van der Waals surface area contributed by atoms with Gasteiger partial charge in [-0.15, -0.1) is 0 Å². The van der Waals surface area contributed by atoms with E-state index < -0.39 is 10.0 Å². The van der Waals surface area contributed by atoms with Crippen LogP contribution in [0.15, 0.2) is 57.9 Å². The topological polar surface area (TPSA) is 46.6 Å². The number of sulfonamides is 1. The number of ether oxygens (including phenoxy) is 1. The first kappa shape index (κ1) is 16.0. The van der Waals surface area contributed by atoms with Gasteiger partial charge in [-0.1, -0.05) is 34.1 Å². The second-order valence-corrected chi connectivity index (χ2v) is 7.49. The predicted octanol–water partition coefficient (Wildman–Crippen LogP) is 3.28. The maximum Gasteiger partial charge on any atom is 0.243 e. The summed E-state index contributed by atoms with van der Waals surface area (Å²) in [5.41, 5.74) is 0.800. The van der Waals surface area contributed by atoms with Gasteiger partial charge in [-0.05, 0) is 30.3 Å². The molecule has 112 valence electrons. The fourth-order valence-corrected chi connectivity index (χ4v) is 3.55. The van der Waals surface area contributed by atoms with Crippen molar-refractivity contribution in [2.24, 2.45) is 0 Å². The highest BCUT2D eigenvalue weighted by Gasteiger charge is 2.21. The predicted molar refractivity (Wildman–Crippen MR) is 85.8 cm³/mol. The summed E-state index contributed by atoms with van der Waals surface area (Å²) in [5, 5.41) is 0. The summed E-state index contributed by atoms with van der Waals surface area (Å²) >= 11 is 3.39. The third kappa shape index (κ3) is 3.64. The molecular weight excluding hydrogens is 354 g/mol. The number of halogens is 1. The number of nitrogens with zero attached hydrogens (tertiary/aromatic N) is 1. The minimum absolute atomic E-state index is 0.236. The number of hydrogen-bond acceptors (Lipinski definition) is 3. The largest absolute Gasteiger partial charge is 0.496 e. The van der Waals surface area contributed by atoms with Gasteiger partial charge in [-0.3, -0.25) is 0 Å². The van der Waals surface area contributed by atoms with Crippen molar-refractivity contribution in [3.05, 3.63) is 58.6 Å². The summed E-state index contributed by atoms with van der Waals surface area (Å²) in [4.78, 5) is 0.279. The molecule has 0 fully saturated rings. The maximum atomic E-state index is 12.5. The van der Waals surface area contributed by atoms with Crippen molar-refractivity contribution in [3.8, 4) is 5.75 Å². The lowest BCUT2D eigenvalue weighted by Gasteiger charge is -2.19. The summed E-state index contributed by atoms with van der Waals surface area (Å²) < 4.78 is 32.5. The molecule has 0 aromatic heterocycles. The molecule has 0 atom stereocenters. The average molecular weight is 370 g/mol. The first-order valence-corrected chi connectivity index (χ1v) is 8.52. The summed E-state index contributed by atoms with van der Waals surface area (Å²) in [5.74, 6) is 0.660. The zero-order valence-corrected chi connectivity index (χ0v) is 14.2. The van der Waals surface area contributed by atoms with E-state index in [0.717, 1.165) is 10.0 Å². The van der Waals surface area contributed by atoms with E-state index in [1.807, 2.05) is 18.2 Å². The van der Waals surface area contributed by atoms with Crippen LogP contribution >= 0.6 is 15.9 Å². The molecule has 0 aliphatic rings.